The van der Waals surface area contributed by atoms with Crippen LogP contribution in [0.25, 0.3) is 11.1 Å². The second-order valence-electron chi connectivity index (χ2n) is 4.95. The van der Waals surface area contributed by atoms with Gasteiger partial charge in [-0.15, -0.1) is 0 Å². The molecule has 102 valence electrons. The molecule has 0 aliphatic carbocycles. The molecule has 0 radical (unpaired) electrons. The van der Waals surface area contributed by atoms with Gasteiger partial charge in [0.2, 0.25) is 0 Å². The van der Waals surface area contributed by atoms with E-state index >= 15 is 0 Å². The van der Waals surface area contributed by atoms with Crippen LogP contribution in [0, 0.1) is 0 Å². The van der Waals surface area contributed by atoms with E-state index in [9.17, 15) is 4.79 Å². The van der Waals surface area contributed by atoms with Gasteiger partial charge in [-0.05, 0) is 47.9 Å². The number of fused-ring (bicyclic) bond motifs is 1. The lowest BCUT2D eigenvalue weighted by atomic mass is 9.99. The van der Waals surface area contributed by atoms with Crippen LogP contribution >= 0.6 is 11.6 Å². The first-order chi connectivity index (χ1) is 9.54. The molecule has 20 heavy (non-hydrogen) atoms. The molecule has 1 atom stereocenters. The van der Waals surface area contributed by atoms with Crippen LogP contribution in [-0.4, -0.2) is 17.2 Å². The number of rotatable bonds is 2. The van der Waals surface area contributed by atoms with Crippen molar-refractivity contribution in [3.63, 3.8) is 0 Å². The number of hydrogen-bond donors (Lipinski definition) is 1. The lowest BCUT2D eigenvalue weighted by Gasteiger charge is -2.07. The first-order valence-electron chi connectivity index (χ1n) is 6.37. The third-order valence-electron chi connectivity index (χ3n) is 3.43. The number of halogens is 1. The average molecular weight is 289 g/mol. The van der Waals surface area contributed by atoms with Gasteiger partial charge >= 0.3 is 5.97 Å². The SMILES string of the molecule is CC1Cc2cc(-c3ccc(Cl)c(C(=O)O)c3)ccc2O1. The van der Waals surface area contributed by atoms with Gasteiger partial charge in [0.1, 0.15) is 11.9 Å². The summed E-state index contributed by atoms with van der Waals surface area (Å²) in [4.78, 5) is 11.1. The largest absolute Gasteiger partial charge is 0.490 e. The highest BCUT2D eigenvalue weighted by Gasteiger charge is 2.19. The van der Waals surface area contributed by atoms with Crippen LogP contribution in [0.2, 0.25) is 5.02 Å². The molecule has 1 aliphatic heterocycles. The van der Waals surface area contributed by atoms with Crippen molar-refractivity contribution >= 4 is 17.6 Å². The predicted molar refractivity (Wildman–Crippen MR) is 77.6 cm³/mol. The zero-order chi connectivity index (χ0) is 14.3. The van der Waals surface area contributed by atoms with Crippen LogP contribution in [0.1, 0.15) is 22.8 Å². The number of benzene rings is 2. The fourth-order valence-electron chi connectivity index (χ4n) is 2.47. The van der Waals surface area contributed by atoms with Gasteiger partial charge in [-0.3, -0.25) is 0 Å². The third-order valence-corrected chi connectivity index (χ3v) is 3.76. The summed E-state index contributed by atoms with van der Waals surface area (Å²) in [5.41, 5.74) is 3.09. The highest BCUT2D eigenvalue weighted by Crippen LogP contribution is 2.33. The van der Waals surface area contributed by atoms with Gasteiger partial charge < -0.3 is 9.84 Å². The standard InChI is InChI=1S/C16H13ClO3/c1-9-6-12-7-10(3-5-15(12)20-9)11-2-4-14(17)13(8-11)16(18)19/h2-5,7-9H,6H2,1H3,(H,18,19). The van der Waals surface area contributed by atoms with E-state index in [-0.39, 0.29) is 16.7 Å². The minimum atomic E-state index is -1.02. The molecular formula is C16H13ClO3. The topological polar surface area (TPSA) is 46.5 Å². The summed E-state index contributed by atoms with van der Waals surface area (Å²) in [7, 11) is 0. The van der Waals surface area contributed by atoms with Crippen LogP contribution < -0.4 is 4.74 Å². The minimum Gasteiger partial charge on any atom is -0.490 e. The Bertz CT molecular complexity index is 694. The van der Waals surface area contributed by atoms with E-state index in [1.807, 2.05) is 31.2 Å². The van der Waals surface area contributed by atoms with Gasteiger partial charge in [0, 0.05) is 6.42 Å². The smallest absolute Gasteiger partial charge is 0.337 e. The van der Waals surface area contributed by atoms with E-state index in [1.54, 1.807) is 12.1 Å². The molecule has 4 heteroatoms. The normalized spacial score (nSPS) is 16.6. The van der Waals surface area contributed by atoms with Crippen molar-refractivity contribution in [2.24, 2.45) is 0 Å². The highest BCUT2D eigenvalue weighted by atomic mass is 35.5. The highest BCUT2D eigenvalue weighted by molar-refractivity contribution is 6.33. The summed E-state index contributed by atoms with van der Waals surface area (Å²) in [6.07, 6.45) is 1.07. The van der Waals surface area contributed by atoms with Crippen LogP contribution in [0.4, 0.5) is 0 Å². The maximum absolute atomic E-state index is 11.1. The monoisotopic (exact) mass is 288 g/mol. The van der Waals surface area contributed by atoms with E-state index < -0.39 is 5.97 Å². The molecule has 0 spiro atoms. The Morgan fingerprint density at radius 1 is 1.25 bits per heavy atom. The number of aromatic carboxylic acids is 1. The molecule has 3 rings (SSSR count). The molecule has 0 saturated carbocycles. The maximum atomic E-state index is 11.1. The summed E-state index contributed by atoms with van der Waals surface area (Å²) >= 11 is 5.89. The van der Waals surface area contributed by atoms with Gasteiger partial charge in [-0.2, -0.15) is 0 Å². The molecule has 0 aromatic heterocycles. The Morgan fingerprint density at radius 2 is 1.95 bits per heavy atom. The second kappa shape index (κ2) is 4.84. The third kappa shape index (κ3) is 2.25. The minimum absolute atomic E-state index is 0.120. The number of carbonyl (C=O) groups is 1. The predicted octanol–water partition coefficient (Wildman–Crippen LogP) is 4.03. The van der Waals surface area contributed by atoms with Gasteiger partial charge in [-0.1, -0.05) is 23.7 Å². The Labute approximate surface area is 121 Å². The molecule has 0 bridgehead atoms. The lowest BCUT2D eigenvalue weighted by molar-refractivity contribution is 0.0697. The summed E-state index contributed by atoms with van der Waals surface area (Å²) in [5.74, 6) is -0.108. The van der Waals surface area contributed by atoms with Crippen molar-refractivity contribution < 1.29 is 14.6 Å². The molecule has 0 fully saturated rings. The van der Waals surface area contributed by atoms with Crippen molar-refractivity contribution in [2.45, 2.75) is 19.4 Å². The average Bonchev–Trinajstić information content (AvgIpc) is 2.78. The molecule has 1 unspecified atom stereocenters. The zero-order valence-electron chi connectivity index (χ0n) is 10.9. The summed E-state index contributed by atoms with van der Waals surface area (Å²) in [5, 5.41) is 9.37. The molecule has 3 nitrogen and oxygen atoms in total. The van der Waals surface area contributed by atoms with Crippen LogP contribution in [-0.2, 0) is 6.42 Å². The Balaban J connectivity index is 2.04. The molecule has 1 heterocycles. The Morgan fingerprint density at radius 3 is 2.70 bits per heavy atom. The van der Waals surface area contributed by atoms with E-state index in [4.69, 9.17) is 21.4 Å². The summed E-state index contributed by atoms with van der Waals surface area (Å²) in [6, 6.07) is 11.0. The van der Waals surface area contributed by atoms with Crippen molar-refractivity contribution in [1.82, 2.24) is 0 Å². The Hall–Kier alpha value is -2.00. The quantitative estimate of drug-likeness (QED) is 0.907. The number of carboxylic acid groups (broad SMARTS) is 1. The van der Waals surface area contributed by atoms with Crippen LogP contribution in [0.15, 0.2) is 36.4 Å². The van der Waals surface area contributed by atoms with Crippen molar-refractivity contribution in [2.75, 3.05) is 0 Å². The molecule has 0 amide bonds. The van der Waals surface area contributed by atoms with E-state index in [0.717, 1.165) is 28.9 Å². The van der Waals surface area contributed by atoms with Gasteiger partial charge in [-0.25, -0.2) is 4.79 Å². The summed E-state index contributed by atoms with van der Waals surface area (Å²) in [6.45, 7) is 2.03. The molecule has 2 aromatic carbocycles. The number of hydrogen-bond acceptors (Lipinski definition) is 2. The molecular weight excluding hydrogens is 276 g/mol. The zero-order valence-corrected chi connectivity index (χ0v) is 11.6. The van der Waals surface area contributed by atoms with Crippen molar-refractivity contribution in [1.29, 1.82) is 0 Å². The number of ether oxygens (including phenoxy) is 1. The second-order valence-corrected chi connectivity index (χ2v) is 5.36. The van der Waals surface area contributed by atoms with Gasteiger partial charge in [0.05, 0.1) is 10.6 Å². The molecule has 2 aromatic rings. The fraction of sp³-hybridized carbons (Fsp3) is 0.188. The first kappa shape index (κ1) is 13.0. The lowest BCUT2D eigenvalue weighted by Crippen LogP contribution is -2.05. The molecule has 0 saturated heterocycles. The van der Waals surface area contributed by atoms with E-state index in [0.29, 0.717) is 0 Å². The van der Waals surface area contributed by atoms with E-state index in [1.165, 1.54) is 0 Å². The van der Waals surface area contributed by atoms with Crippen molar-refractivity contribution in [3.05, 3.63) is 52.5 Å². The molecule has 1 aliphatic rings. The first-order valence-corrected chi connectivity index (χ1v) is 6.75. The fourth-order valence-corrected chi connectivity index (χ4v) is 2.67. The molecule has 1 N–H and O–H groups in total. The van der Waals surface area contributed by atoms with Crippen LogP contribution in [0.5, 0.6) is 5.75 Å². The van der Waals surface area contributed by atoms with Crippen LogP contribution in [0.3, 0.4) is 0 Å². The number of carboxylic acids is 1. The van der Waals surface area contributed by atoms with Crippen molar-refractivity contribution in [3.8, 4) is 16.9 Å². The van der Waals surface area contributed by atoms with E-state index in [2.05, 4.69) is 0 Å². The Kier molecular flexibility index (Phi) is 3.14. The van der Waals surface area contributed by atoms with Gasteiger partial charge in [0.15, 0.2) is 0 Å². The van der Waals surface area contributed by atoms with Gasteiger partial charge in [0.25, 0.3) is 0 Å². The maximum Gasteiger partial charge on any atom is 0.337 e. The summed E-state index contributed by atoms with van der Waals surface area (Å²) < 4.78 is 5.66.